The number of hydrogen-bond acceptors (Lipinski definition) is 3. The SMILES string of the molecule is Cc1ccc(Cc2cc(N)n(CCO)n2)cc1. The van der Waals surface area contributed by atoms with Crippen molar-refractivity contribution < 1.29 is 5.11 Å². The molecule has 0 saturated carbocycles. The molecule has 0 unspecified atom stereocenters. The third kappa shape index (κ3) is 2.85. The molecular weight excluding hydrogens is 214 g/mol. The van der Waals surface area contributed by atoms with Gasteiger partial charge in [-0.3, -0.25) is 0 Å². The van der Waals surface area contributed by atoms with Crippen LogP contribution in [-0.4, -0.2) is 21.5 Å². The zero-order valence-electron chi connectivity index (χ0n) is 9.93. The molecule has 0 fully saturated rings. The first-order valence-electron chi connectivity index (χ1n) is 5.67. The van der Waals surface area contributed by atoms with E-state index in [0.29, 0.717) is 12.4 Å². The van der Waals surface area contributed by atoms with E-state index in [-0.39, 0.29) is 6.61 Å². The molecule has 3 N–H and O–H groups in total. The van der Waals surface area contributed by atoms with Crippen molar-refractivity contribution in [1.29, 1.82) is 0 Å². The van der Waals surface area contributed by atoms with Crippen LogP contribution in [0.15, 0.2) is 30.3 Å². The molecular formula is C13H17N3O. The van der Waals surface area contributed by atoms with E-state index in [1.807, 2.05) is 6.07 Å². The van der Waals surface area contributed by atoms with Crippen LogP contribution in [0, 0.1) is 6.92 Å². The quantitative estimate of drug-likeness (QED) is 0.835. The minimum absolute atomic E-state index is 0.0514. The van der Waals surface area contributed by atoms with Gasteiger partial charge in [0.05, 0.1) is 18.8 Å². The average molecular weight is 231 g/mol. The van der Waals surface area contributed by atoms with E-state index in [4.69, 9.17) is 10.8 Å². The van der Waals surface area contributed by atoms with Gasteiger partial charge in [-0.05, 0) is 12.5 Å². The summed E-state index contributed by atoms with van der Waals surface area (Å²) < 4.78 is 1.63. The lowest BCUT2D eigenvalue weighted by Crippen LogP contribution is -2.07. The molecule has 2 rings (SSSR count). The Labute approximate surface area is 101 Å². The lowest BCUT2D eigenvalue weighted by molar-refractivity contribution is 0.270. The monoisotopic (exact) mass is 231 g/mol. The smallest absolute Gasteiger partial charge is 0.122 e. The summed E-state index contributed by atoms with van der Waals surface area (Å²) in [5.74, 6) is 0.598. The molecule has 2 aromatic rings. The van der Waals surface area contributed by atoms with Crippen LogP contribution in [0.5, 0.6) is 0 Å². The summed E-state index contributed by atoms with van der Waals surface area (Å²) >= 11 is 0. The molecule has 4 nitrogen and oxygen atoms in total. The van der Waals surface area contributed by atoms with E-state index >= 15 is 0 Å². The van der Waals surface area contributed by atoms with Crippen LogP contribution in [0.2, 0.25) is 0 Å². The molecule has 0 aliphatic rings. The van der Waals surface area contributed by atoms with Gasteiger partial charge in [-0.2, -0.15) is 5.10 Å². The Morgan fingerprint density at radius 1 is 1.29 bits per heavy atom. The number of aryl methyl sites for hydroxylation is 1. The first-order chi connectivity index (χ1) is 8.19. The topological polar surface area (TPSA) is 64.1 Å². The van der Waals surface area contributed by atoms with E-state index in [9.17, 15) is 0 Å². The molecule has 0 radical (unpaired) electrons. The summed E-state index contributed by atoms with van der Waals surface area (Å²) in [6.07, 6.45) is 0.767. The second-order valence-corrected chi connectivity index (χ2v) is 4.17. The van der Waals surface area contributed by atoms with E-state index < -0.39 is 0 Å². The fourth-order valence-electron chi connectivity index (χ4n) is 1.76. The third-order valence-electron chi connectivity index (χ3n) is 2.68. The summed E-state index contributed by atoms with van der Waals surface area (Å²) in [6.45, 7) is 2.56. The van der Waals surface area contributed by atoms with E-state index in [0.717, 1.165) is 12.1 Å². The van der Waals surface area contributed by atoms with Gasteiger partial charge in [0.15, 0.2) is 0 Å². The van der Waals surface area contributed by atoms with Gasteiger partial charge in [-0.25, -0.2) is 4.68 Å². The highest BCUT2D eigenvalue weighted by Crippen LogP contribution is 2.12. The van der Waals surface area contributed by atoms with Gasteiger partial charge in [0, 0.05) is 12.5 Å². The second-order valence-electron chi connectivity index (χ2n) is 4.17. The maximum absolute atomic E-state index is 8.86. The number of hydrogen-bond donors (Lipinski definition) is 2. The fourth-order valence-corrected chi connectivity index (χ4v) is 1.76. The Kier molecular flexibility index (Phi) is 3.44. The van der Waals surface area contributed by atoms with Crippen molar-refractivity contribution in [1.82, 2.24) is 9.78 Å². The Morgan fingerprint density at radius 3 is 2.65 bits per heavy atom. The number of nitrogen functional groups attached to an aromatic ring is 1. The molecule has 90 valence electrons. The first kappa shape index (κ1) is 11.7. The average Bonchev–Trinajstić information content (AvgIpc) is 2.63. The number of aliphatic hydroxyl groups excluding tert-OH is 1. The normalized spacial score (nSPS) is 10.7. The Balaban J connectivity index is 2.13. The van der Waals surface area contributed by atoms with Crippen molar-refractivity contribution in [2.45, 2.75) is 19.9 Å². The molecule has 0 bridgehead atoms. The van der Waals surface area contributed by atoms with E-state index in [1.54, 1.807) is 4.68 Å². The molecule has 0 spiro atoms. The Bertz CT molecular complexity index is 488. The molecule has 0 aliphatic carbocycles. The van der Waals surface area contributed by atoms with Gasteiger partial charge >= 0.3 is 0 Å². The van der Waals surface area contributed by atoms with Crippen molar-refractivity contribution in [3.63, 3.8) is 0 Å². The summed E-state index contributed by atoms with van der Waals surface area (Å²) in [6, 6.07) is 10.2. The van der Waals surface area contributed by atoms with Gasteiger partial charge in [-0.1, -0.05) is 29.8 Å². The summed E-state index contributed by atoms with van der Waals surface area (Å²) in [5.41, 5.74) is 9.19. The van der Waals surface area contributed by atoms with Gasteiger partial charge in [-0.15, -0.1) is 0 Å². The van der Waals surface area contributed by atoms with Gasteiger partial charge in [0.2, 0.25) is 0 Å². The van der Waals surface area contributed by atoms with Crippen LogP contribution in [0.4, 0.5) is 5.82 Å². The van der Waals surface area contributed by atoms with Crippen LogP contribution >= 0.6 is 0 Å². The van der Waals surface area contributed by atoms with Crippen LogP contribution in [0.25, 0.3) is 0 Å². The van der Waals surface area contributed by atoms with Crippen molar-refractivity contribution in [2.24, 2.45) is 0 Å². The maximum Gasteiger partial charge on any atom is 0.122 e. The largest absolute Gasteiger partial charge is 0.394 e. The number of nitrogens with zero attached hydrogens (tertiary/aromatic N) is 2. The number of aliphatic hydroxyl groups is 1. The highest BCUT2D eigenvalue weighted by molar-refractivity contribution is 5.34. The molecule has 4 heteroatoms. The van der Waals surface area contributed by atoms with Crippen LogP contribution in [0.3, 0.4) is 0 Å². The summed E-state index contributed by atoms with van der Waals surface area (Å²) in [4.78, 5) is 0. The van der Waals surface area contributed by atoms with Crippen molar-refractivity contribution in [2.75, 3.05) is 12.3 Å². The zero-order valence-corrected chi connectivity index (χ0v) is 9.93. The highest BCUT2D eigenvalue weighted by atomic mass is 16.3. The molecule has 0 saturated heterocycles. The summed E-state index contributed by atoms with van der Waals surface area (Å²) in [7, 11) is 0. The second kappa shape index (κ2) is 5.01. The highest BCUT2D eigenvalue weighted by Gasteiger charge is 2.05. The maximum atomic E-state index is 8.86. The number of anilines is 1. The van der Waals surface area contributed by atoms with Gasteiger partial charge < -0.3 is 10.8 Å². The molecule has 0 aliphatic heterocycles. The molecule has 1 aromatic heterocycles. The lowest BCUT2D eigenvalue weighted by Gasteiger charge is -2.00. The molecule has 17 heavy (non-hydrogen) atoms. The molecule has 1 heterocycles. The fraction of sp³-hybridized carbons (Fsp3) is 0.308. The van der Waals surface area contributed by atoms with Crippen molar-refractivity contribution >= 4 is 5.82 Å². The predicted octanol–water partition coefficient (Wildman–Crippen LogP) is 1.36. The lowest BCUT2D eigenvalue weighted by atomic mass is 10.1. The number of aromatic nitrogens is 2. The van der Waals surface area contributed by atoms with E-state index in [2.05, 4.69) is 36.3 Å². The molecule has 0 amide bonds. The molecule has 0 atom stereocenters. The van der Waals surface area contributed by atoms with Gasteiger partial charge in [0.25, 0.3) is 0 Å². The van der Waals surface area contributed by atoms with E-state index in [1.165, 1.54) is 11.1 Å². The third-order valence-corrected chi connectivity index (χ3v) is 2.68. The zero-order chi connectivity index (χ0) is 12.3. The number of nitrogens with two attached hydrogens (primary N) is 1. The predicted molar refractivity (Wildman–Crippen MR) is 67.7 cm³/mol. The number of benzene rings is 1. The van der Waals surface area contributed by atoms with Crippen molar-refractivity contribution in [3.05, 3.63) is 47.2 Å². The van der Waals surface area contributed by atoms with Gasteiger partial charge in [0.1, 0.15) is 5.82 Å². The first-order valence-corrected chi connectivity index (χ1v) is 5.67. The standard InChI is InChI=1S/C13H17N3O/c1-10-2-4-11(5-3-10)8-12-9-13(14)16(15-12)6-7-17/h2-5,9,17H,6-8,14H2,1H3. The Morgan fingerprint density at radius 2 is 2.00 bits per heavy atom. The van der Waals surface area contributed by atoms with Crippen LogP contribution in [0.1, 0.15) is 16.8 Å². The number of rotatable bonds is 4. The minimum Gasteiger partial charge on any atom is -0.394 e. The minimum atomic E-state index is 0.0514. The summed E-state index contributed by atoms with van der Waals surface area (Å²) in [5, 5.41) is 13.2. The Hall–Kier alpha value is -1.81. The molecule has 1 aromatic carbocycles. The van der Waals surface area contributed by atoms with Crippen molar-refractivity contribution in [3.8, 4) is 0 Å². The van der Waals surface area contributed by atoms with Crippen LogP contribution in [-0.2, 0) is 13.0 Å². The van der Waals surface area contributed by atoms with Crippen LogP contribution < -0.4 is 5.73 Å².